The van der Waals surface area contributed by atoms with Crippen LogP contribution in [0.15, 0.2) is 36.9 Å². The lowest BCUT2D eigenvalue weighted by Crippen LogP contribution is -2.38. The summed E-state index contributed by atoms with van der Waals surface area (Å²) < 4.78 is 25.5. The Balaban J connectivity index is 2.25. The normalized spacial score (nSPS) is 17.5. The van der Waals surface area contributed by atoms with Crippen molar-refractivity contribution in [3.63, 3.8) is 0 Å². The molecule has 0 bridgehead atoms. The molecule has 6 heteroatoms. The first kappa shape index (κ1) is 14.6. The van der Waals surface area contributed by atoms with Crippen molar-refractivity contribution in [3.05, 3.63) is 42.5 Å². The highest BCUT2D eigenvalue weighted by Crippen LogP contribution is 2.24. The van der Waals surface area contributed by atoms with Gasteiger partial charge in [-0.2, -0.15) is 0 Å². The van der Waals surface area contributed by atoms with Crippen LogP contribution in [0.5, 0.6) is 0 Å². The maximum absolute atomic E-state index is 12.0. The van der Waals surface area contributed by atoms with Gasteiger partial charge in [0.1, 0.15) is 0 Å². The Bertz CT molecular complexity index is 611. The average Bonchev–Trinajstić information content (AvgIpc) is 2.44. The van der Waals surface area contributed by atoms with Crippen LogP contribution in [0.3, 0.4) is 0 Å². The van der Waals surface area contributed by atoms with Crippen LogP contribution in [0, 0.1) is 0 Å². The number of carbonyl (C=O) groups is 1. The van der Waals surface area contributed by atoms with Gasteiger partial charge in [-0.1, -0.05) is 12.1 Å². The third-order valence-electron chi connectivity index (χ3n) is 3.15. The lowest BCUT2D eigenvalue weighted by molar-refractivity contribution is 0.0958. The zero-order valence-electron chi connectivity index (χ0n) is 11.2. The summed E-state index contributed by atoms with van der Waals surface area (Å²) in [5.41, 5.74) is 1.00. The van der Waals surface area contributed by atoms with Gasteiger partial charge in [-0.15, -0.1) is 6.58 Å². The lowest BCUT2D eigenvalue weighted by atomic mass is 10.2. The van der Waals surface area contributed by atoms with Crippen molar-refractivity contribution in [1.29, 1.82) is 0 Å². The smallest absolute Gasteiger partial charge is 0.251 e. The monoisotopic (exact) mass is 294 g/mol. The molecule has 108 valence electrons. The second-order valence-electron chi connectivity index (χ2n) is 4.64. The minimum absolute atomic E-state index is 0.167. The minimum atomic E-state index is -3.25. The number of sulfonamides is 1. The predicted octanol–water partition coefficient (Wildman–Crippen LogP) is 1.53. The Labute approximate surface area is 119 Å². The van der Waals surface area contributed by atoms with E-state index in [2.05, 4.69) is 11.9 Å². The summed E-state index contributed by atoms with van der Waals surface area (Å²) in [5, 5.41) is 2.67. The Morgan fingerprint density at radius 3 is 2.90 bits per heavy atom. The molecule has 1 saturated heterocycles. The van der Waals surface area contributed by atoms with E-state index in [4.69, 9.17) is 0 Å². The molecule has 1 aromatic carbocycles. The molecule has 0 unspecified atom stereocenters. The first-order valence-electron chi connectivity index (χ1n) is 6.54. The number of nitrogens with one attached hydrogen (secondary N) is 1. The van der Waals surface area contributed by atoms with Crippen molar-refractivity contribution in [2.24, 2.45) is 0 Å². The van der Waals surface area contributed by atoms with Crippen molar-refractivity contribution in [1.82, 2.24) is 5.32 Å². The molecule has 2 rings (SSSR count). The number of hydrogen-bond donors (Lipinski definition) is 1. The molecule has 1 aliphatic heterocycles. The first-order chi connectivity index (χ1) is 9.54. The summed E-state index contributed by atoms with van der Waals surface area (Å²) in [6.07, 6.45) is 3.13. The van der Waals surface area contributed by atoms with Crippen LogP contribution in [0.1, 0.15) is 23.2 Å². The largest absolute Gasteiger partial charge is 0.349 e. The fraction of sp³-hybridized carbons (Fsp3) is 0.357. The first-order valence-corrected chi connectivity index (χ1v) is 8.15. The third-order valence-corrected chi connectivity index (χ3v) is 5.02. The van der Waals surface area contributed by atoms with Crippen LogP contribution < -0.4 is 9.62 Å². The van der Waals surface area contributed by atoms with Crippen molar-refractivity contribution in [3.8, 4) is 0 Å². The standard InChI is InChI=1S/C14H18N2O3S/c1-2-8-15-14(17)12-6-5-7-13(11-12)16-9-3-4-10-20(16,18)19/h2,5-7,11H,1,3-4,8-10H2,(H,15,17). The molecule has 1 N–H and O–H groups in total. The van der Waals surface area contributed by atoms with Gasteiger partial charge in [-0.25, -0.2) is 8.42 Å². The molecule has 0 atom stereocenters. The van der Waals surface area contributed by atoms with E-state index in [-0.39, 0.29) is 11.7 Å². The molecule has 20 heavy (non-hydrogen) atoms. The van der Waals surface area contributed by atoms with Crippen LogP contribution in [-0.2, 0) is 10.0 Å². The van der Waals surface area contributed by atoms with Crippen molar-refractivity contribution in [2.45, 2.75) is 12.8 Å². The van der Waals surface area contributed by atoms with Crippen LogP contribution in [0.2, 0.25) is 0 Å². The second-order valence-corrected chi connectivity index (χ2v) is 6.66. The van der Waals surface area contributed by atoms with E-state index >= 15 is 0 Å². The molecule has 1 heterocycles. The van der Waals surface area contributed by atoms with Crippen molar-refractivity contribution in [2.75, 3.05) is 23.1 Å². The van der Waals surface area contributed by atoms with Gasteiger partial charge in [0.25, 0.3) is 5.91 Å². The molecular formula is C14H18N2O3S. The van der Waals surface area contributed by atoms with Crippen LogP contribution in [-0.4, -0.2) is 33.2 Å². The van der Waals surface area contributed by atoms with E-state index in [0.29, 0.717) is 30.8 Å². The van der Waals surface area contributed by atoms with Crippen molar-refractivity contribution >= 4 is 21.6 Å². The van der Waals surface area contributed by atoms with Gasteiger partial charge in [0, 0.05) is 18.7 Å². The van der Waals surface area contributed by atoms with Gasteiger partial charge >= 0.3 is 0 Å². The number of nitrogens with zero attached hydrogens (tertiary/aromatic N) is 1. The zero-order valence-corrected chi connectivity index (χ0v) is 12.0. The van der Waals surface area contributed by atoms with Gasteiger partial charge in [-0.05, 0) is 31.0 Å². The van der Waals surface area contributed by atoms with E-state index in [0.717, 1.165) is 6.42 Å². The maximum Gasteiger partial charge on any atom is 0.251 e. The van der Waals surface area contributed by atoms with Crippen LogP contribution in [0.25, 0.3) is 0 Å². The molecule has 0 aliphatic carbocycles. The van der Waals surface area contributed by atoms with E-state index in [1.807, 2.05) is 0 Å². The predicted molar refractivity (Wildman–Crippen MR) is 79.3 cm³/mol. The van der Waals surface area contributed by atoms with Gasteiger partial charge in [0.05, 0.1) is 11.4 Å². The molecule has 0 radical (unpaired) electrons. The minimum Gasteiger partial charge on any atom is -0.349 e. The van der Waals surface area contributed by atoms with Crippen molar-refractivity contribution < 1.29 is 13.2 Å². The summed E-state index contributed by atoms with van der Waals surface area (Å²) >= 11 is 0. The fourth-order valence-electron chi connectivity index (χ4n) is 2.15. The topological polar surface area (TPSA) is 66.5 Å². The summed E-state index contributed by atoms with van der Waals surface area (Å²) in [7, 11) is -3.25. The second kappa shape index (κ2) is 6.09. The molecule has 1 aromatic rings. The maximum atomic E-state index is 12.0. The summed E-state index contributed by atoms with van der Waals surface area (Å²) in [4.78, 5) is 11.9. The average molecular weight is 294 g/mol. The Kier molecular flexibility index (Phi) is 4.44. The SMILES string of the molecule is C=CCNC(=O)c1cccc(N2CCCCS2(=O)=O)c1. The molecule has 0 saturated carbocycles. The molecule has 0 aromatic heterocycles. The molecule has 5 nitrogen and oxygen atoms in total. The molecular weight excluding hydrogens is 276 g/mol. The highest BCUT2D eigenvalue weighted by Gasteiger charge is 2.26. The Hall–Kier alpha value is -1.82. The number of rotatable bonds is 4. The Morgan fingerprint density at radius 2 is 2.20 bits per heavy atom. The van der Waals surface area contributed by atoms with E-state index in [1.165, 1.54) is 4.31 Å². The summed E-state index contributed by atoms with van der Waals surface area (Å²) in [6.45, 7) is 4.39. The van der Waals surface area contributed by atoms with Gasteiger partial charge in [0.15, 0.2) is 0 Å². The van der Waals surface area contributed by atoms with Crippen LogP contribution in [0.4, 0.5) is 5.69 Å². The Morgan fingerprint density at radius 1 is 1.40 bits per heavy atom. The summed E-state index contributed by atoms with van der Waals surface area (Å²) in [6, 6.07) is 6.69. The fourth-order valence-corrected chi connectivity index (χ4v) is 3.78. The van der Waals surface area contributed by atoms with Gasteiger partial charge < -0.3 is 5.32 Å². The number of carbonyl (C=O) groups excluding carboxylic acids is 1. The molecule has 0 spiro atoms. The molecule has 1 fully saturated rings. The zero-order chi connectivity index (χ0) is 14.6. The number of benzene rings is 1. The highest BCUT2D eigenvalue weighted by molar-refractivity contribution is 7.92. The third kappa shape index (κ3) is 3.19. The molecule has 1 amide bonds. The summed E-state index contributed by atoms with van der Waals surface area (Å²) in [5.74, 6) is -0.0685. The van der Waals surface area contributed by atoms with Gasteiger partial charge in [0.2, 0.25) is 10.0 Å². The van der Waals surface area contributed by atoms with E-state index in [1.54, 1.807) is 30.3 Å². The van der Waals surface area contributed by atoms with Gasteiger partial charge in [-0.3, -0.25) is 9.10 Å². The number of hydrogen-bond acceptors (Lipinski definition) is 3. The number of anilines is 1. The quantitative estimate of drug-likeness (QED) is 0.856. The molecule has 1 aliphatic rings. The number of amides is 1. The van der Waals surface area contributed by atoms with E-state index in [9.17, 15) is 13.2 Å². The highest BCUT2D eigenvalue weighted by atomic mass is 32.2. The van der Waals surface area contributed by atoms with Crippen LogP contribution >= 0.6 is 0 Å². The lowest BCUT2D eigenvalue weighted by Gasteiger charge is -2.28. The van der Waals surface area contributed by atoms with E-state index < -0.39 is 10.0 Å².